The summed E-state index contributed by atoms with van der Waals surface area (Å²) < 4.78 is 5.31. The number of primary amides is 1. The predicted molar refractivity (Wildman–Crippen MR) is 55.7 cm³/mol. The third kappa shape index (κ3) is 3.09. The predicted octanol–water partition coefficient (Wildman–Crippen LogP) is 1.14. The Labute approximate surface area is 88.0 Å². The number of benzene rings is 1. The SMILES string of the molecule is CC(=O)C(C)Oc1ccc(C(N)=O)cc1. The first-order valence-electron chi connectivity index (χ1n) is 4.57. The molecule has 0 saturated carbocycles. The monoisotopic (exact) mass is 207 g/mol. The summed E-state index contributed by atoms with van der Waals surface area (Å²) in [7, 11) is 0. The summed E-state index contributed by atoms with van der Waals surface area (Å²) in [6.07, 6.45) is -0.482. The van der Waals surface area contributed by atoms with Crippen molar-refractivity contribution in [2.45, 2.75) is 20.0 Å². The molecule has 1 aromatic rings. The van der Waals surface area contributed by atoms with E-state index in [1.54, 1.807) is 31.2 Å². The fourth-order valence-corrected chi connectivity index (χ4v) is 0.985. The standard InChI is InChI=1S/C11H13NO3/c1-7(13)8(2)15-10-5-3-9(4-6-10)11(12)14/h3-6,8H,1-2H3,(H2,12,14). The van der Waals surface area contributed by atoms with Gasteiger partial charge in [-0.25, -0.2) is 0 Å². The lowest BCUT2D eigenvalue weighted by Crippen LogP contribution is -2.20. The van der Waals surface area contributed by atoms with E-state index in [-0.39, 0.29) is 5.78 Å². The molecular formula is C11H13NO3. The Morgan fingerprint density at radius 3 is 2.20 bits per heavy atom. The smallest absolute Gasteiger partial charge is 0.248 e. The molecule has 1 aromatic carbocycles. The van der Waals surface area contributed by atoms with Gasteiger partial charge in [-0.1, -0.05) is 0 Å². The molecule has 1 atom stereocenters. The summed E-state index contributed by atoms with van der Waals surface area (Å²) in [5.74, 6) is 0.0119. The topological polar surface area (TPSA) is 69.4 Å². The van der Waals surface area contributed by atoms with Gasteiger partial charge in [0.1, 0.15) is 5.75 Å². The summed E-state index contributed by atoms with van der Waals surface area (Å²) in [5.41, 5.74) is 5.49. The molecule has 2 N–H and O–H groups in total. The van der Waals surface area contributed by atoms with Crippen LogP contribution in [0.5, 0.6) is 5.75 Å². The third-order valence-electron chi connectivity index (χ3n) is 2.02. The zero-order valence-electron chi connectivity index (χ0n) is 8.69. The molecule has 4 heteroatoms. The van der Waals surface area contributed by atoms with Gasteiger partial charge < -0.3 is 10.5 Å². The van der Waals surface area contributed by atoms with Crippen molar-refractivity contribution in [1.29, 1.82) is 0 Å². The highest BCUT2D eigenvalue weighted by atomic mass is 16.5. The number of carbonyl (C=O) groups excluding carboxylic acids is 2. The fourth-order valence-electron chi connectivity index (χ4n) is 0.985. The fraction of sp³-hybridized carbons (Fsp3) is 0.273. The van der Waals surface area contributed by atoms with Gasteiger partial charge in [0.2, 0.25) is 5.91 Å². The molecule has 0 spiro atoms. The van der Waals surface area contributed by atoms with Crippen LogP contribution in [0.3, 0.4) is 0 Å². The van der Waals surface area contributed by atoms with Gasteiger partial charge in [0.05, 0.1) is 0 Å². The van der Waals surface area contributed by atoms with Gasteiger partial charge in [0, 0.05) is 5.56 Å². The van der Waals surface area contributed by atoms with Gasteiger partial charge in [0.15, 0.2) is 11.9 Å². The van der Waals surface area contributed by atoms with Crippen molar-refractivity contribution in [2.75, 3.05) is 0 Å². The van der Waals surface area contributed by atoms with Crippen LogP contribution in [0, 0.1) is 0 Å². The third-order valence-corrected chi connectivity index (χ3v) is 2.02. The van der Waals surface area contributed by atoms with E-state index in [1.807, 2.05) is 0 Å². The molecule has 0 fully saturated rings. The number of amides is 1. The largest absolute Gasteiger partial charge is 0.483 e. The Morgan fingerprint density at radius 2 is 1.80 bits per heavy atom. The van der Waals surface area contributed by atoms with Crippen molar-refractivity contribution in [3.05, 3.63) is 29.8 Å². The number of carbonyl (C=O) groups is 2. The molecule has 0 aromatic heterocycles. The Morgan fingerprint density at radius 1 is 1.27 bits per heavy atom. The summed E-state index contributed by atoms with van der Waals surface area (Å²) in [6, 6.07) is 6.34. The molecule has 1 amide bonds. The normalized spacial score (nSPS) is 11.9. The molecule has 0 bridgehead atoms. The molecule has 0 radical (unpaired) electrons. The minimum Gasteiger partial charge on any atom is -0.483 e. The quantitative estimate of drug-likeness (QED) is 0.804. The number of nitrogens with two attached hydrogens (primary N) is 1. The van der Waals surface area contributed by atoms with Crippen LogP contribution < -0.4 is 10.5 Å². The first-order chi connectivity index (χ1) is 7.00. The van der Waals surface area contributed by atoms with Crippen LogP contribution >= 0.6 is 0 Å². The lowest BCUT2D eigenvalue weighted by Gasteiger charge is -2.11. The van der Waals surface area contributed by atoms with E-state index in [0.717, 1.165) is 0 Å². The molecule has 15 heavy (non-hydrogen) atoms. The van der Waals surface area contributed by atoms with E-state index in [2.05, 4.69) is 0 Å². The highest BCUT2D eigenvalue weighted by Crippen LogP contribution is 2.13. The molecule has 0 aliphatic carbocycles. The van der Waals surface area contributed by atoms with Crippen LogP contribution in [0.1, 0.15) is 24.2 Å². The van der Waals surface area contributed by atoms with Gasteiger partial charge in [-0.05, 0) is 38.1 Å². The summed E-state index contributed by atoms with van der Waals surface area (Å²) in [4.78, 5) is 21.7. The van der Waals surface area contributed by atoms with Crippen molar-refractivity contribution in [3.8, 4) is 5.75 Å². The zero-order valence-corrected chi connectivity index (χ0v) is 8.69. The average Bonchev–Trinajstić information content (AvgIpc) is 2.18. The summed E-state index contributed by atoms with van der Waals surface area (Å²) >= 11 is 0. The van der Waals surface area contributed by atoms with Crippen molar-refractivity contribution < 1.29 is 14.3 Å². The molecule has 80 valence electrons. The highest BCUT2D eigenvalue weighted by Gasteiger charge is 2.09. The number of hydrogen-bond donors (Lipinski definition) is 1. The Kier molecular flexibility index (Phi) is 3.44. The molecule has 0 heterocycles. The van der Waals surface area contributed by atoms with Gasteiger partial charge in [-0.15, -0.1) is 0 Å². The lowest BCUT2D eigenvalue weighted by atomic mass is 10.2. The maximum atomic E-state index is 10.9. The zero-order chi connectivity index (χ0) is 11.4. The number of rotatable bonds is 4. The molecule has 0 saturated heterocycles. The second-order valence-electron chi connectivity index (χ2n) is 3.26. The number of ether oxygens (including phenoxy) is 1. The molecule has 1 unspecified atom stereocenters. The molecule has 1 rings (SSSR count). The summed E-state index contributed by atoms with van der Waals surface area (Å²) in [5, 5.41) is 0. The van der Waals surface area contributed by atoms with Gasteiger partial charge >= 0.3 is 0 Å². The number of Topliss-reactive ketones (excluding diaryl/α,β-unsaturated/α-hetero) is 1. The summed E-state index contributed by atoms with van der Waals surface area (Å²) in [6.45, 7) is 3.13. The maximum absolute atomic E-state index is 10.9. The molecule has 0 aliphatic rings. The van der Waals surface area contributed by atoms with Gasteiger partial charge in [-0.2, -0.15) is 0 Å². The Balaban J connectivity index is 2.72. The Bertz CT molecular complexity index is 370. The van der Waals surface area contributed by atoms with E-state index < -0.39 is 12.0 Å². The second kappa shape index (κ2) is 4.59. The van der Waals surface area contributed by atoms with Gasteiger partial charge in [-0.3, -0.25) is 9.59 Å². The molecule has 4 nitrogen and oxygen atoms in total. The van der Waals surface area contributed by atoms with Crippen LogP contribution in [0.2, 0.25) is 0 Å². The van der Waals surface area contributed by atoms with Crippen LogP contribution in [0.25, 0.3) is 0 Å². The minimum atomic E-state index is -0.485. The van der Waals surface area contributed by atoms with Crippen LogP contribution in [-0.2, 0) is 4.79 Å². The van der Waals surface area contributed by atoms with Crippen molar-refractivity contribution in [1.82, 2.24) is 0 Å². The maximum Gasteiger partial charge on any atom is 0.248 e. The van der Waals surface area contributed by atoms with Gasteiger partial charge in [0.25, 0.3) is 0 Å². The second-order valence-corrected chi connectivity index (χ2v) is 3.26. The lowest BCUT2D eigenvalue weighted by molar-refractivity contribution is -0.122. The van der Waals surface area contributed by atoms with Crippen LogP contribution in [0.15, 0.2) is 24.3 Å². The first-order valence-corrected chi connectivity index (χ1v) is 4.57. The van der Waals surface area contributed by atoms with Crippen LogP contribution in [-0.4, -0.2) is 17.8 Å². The Hall–Kier alpha value is -1.84. The van der Waals surface area contributed by atoms with E-state index in [9.17, 15) is 9.59 Å². The van der Waals surface area contributed by atoms with E-state index in [4.69, 9.17) is 10.5 Å². The van der Waals surface area contributed by atoms with E-state index in [1.165, 1.54) is 6.92 Å². The molecular weight excluding hydrogens is 194 g/mol. The first kappa shape index (κ1) is 11.2. The number of hydrogen-bond acceptors (Lipinski definition) is 3. The van der Waals surface area contributed by atoms with Crippen molar-refractivity contribution in [3.63, 3.8) is 0 Å². The van der Waals surface area contributed by atoms with Crippen molar-refractivity contribution >= 4 is 11.7 Å². The molecule has 0 aliphatic heterocycles. The average molecular weight is 207 g/mol. The van der Waals surface area contributed by atoms with Crippen LogP contribution in [0.4, 0.5) is 0 Å². The van der Waals surface area contributed by atoms with Crippen molar-refractivity contribution in [2.24, 2.45) is 5.73 Å². The number of ketones is 1. The van der Waals surface area contributed by atoms with E-state index in [0.29, 0.717) is 11.3 Å². The minimum absolute atomic E-state index is 0.0472. The highest BCUT2D eigenvalue weighted by molar-refractivity contribution is 5.92. The van der Waals surface area contributed by atoms with E-state index >= 15 is 0 Å².